The van der Waals surface area contributed by atoms with Gasteiger partial charge in [0.2, 0.25) is 0 Å². The zero-order valence-electron chi connectivity index (χ0n) is 20.9. The Balaban J connectivity index is 1.52. The van der Waals surface area contributed by atoms with Crippen molar-refractivity contribution in [1.82, 2.24) is 0 Å². The van der Waals surface area contributed by atoms with E-state index in [1.807, 2.05) is 84.9 Å². The largest absolute Gasteiger partial charge is 0.294 e. The molecule has 4 atom stereocenters. The standard InChI is InChI=1S/C34H28Cl2O2/c35-25-15-9-23(10-16-25)31(29-19-13-21-5-1-3-7-27(21)33(29)37)32(24-11-17-26(36)18-12-24)30-20-14-22-6-2-4-8-28(22)34(30)38/h1-12,15-18,29-32H,13-14,19-20H2/t29-,30+,31-,32-/m1/s1. The molecular weight excluding hydrogens is 511 g/mol. The van der Waals surface area contributed by atoms with E-state index in [0.29, 0.717) is 10.0 Å². The molecule has 6 rings (SSSR count). The van der Waals surface area contributed by atoms with Gasteiger partial charge >= 0.3 is 0 Å². The third-order valence-electron chi connectivity index (χ3n) is 8.45. The van der Waals surface area contributed by atoms with E-state index in [1.165, 1.54) is 0 Å². The lowest BCUT2D eigenvalue weighted by atomic mass is 9.61. The highest BCUT2D eigenvalue weighted by atomic mass is 35.5. The van der Waals surface area contributed by atoms with E-state index >= 15 is 0 Å². The van der Waals surface area contributed by atoms with Crippen molar-refractivity contribution in [3.8, 4) is 0 Å². The third-order valence-corrected chi connectivity index (χ3v) is 8.96. The van der Waals surface area contributed by atoms with Crippen LogP contribution in [-0.4, -0.2) is 11.6 Å². The van der Waals surface area contributed by atoms with Gasteiger partial charge in [0.1, 0.15) is 0 Å². The lowest BCUT2D eigenvalue weighted by molar-refractivity contribution is 0.0794. The van der Waals surface area contributed by atoms with E-state index < -0.39 is 0 Å². The SMILES string of the molecule is O=C1c2ccccc2CC[C@H]1[C@@H](c1ccc(Cl)cc1)[C@H](c1ccc(Cl)cc1)[C@H]1CCc2ccccc2C1=O. The summed E-state index contributed by atoms with van der Waals surface area (Å²) in [5.74, 6) is -0.556. The summed E-state index contributed by atoms with van der Waals surface area (Å²) in [6.07, 6.45) is 3.16. The van der Waals surface area contributed by atoms with E-state index in [9.17, 15) is 9.59 Å². The molecule has 0 radical (unpaired) electrons. The van der Waals surface area contributed by atoms with Crippen LogP contribution in [0.15, 0.2) is 97.1 Å². The van der Waals surface area contributed by atoms with Crippen LogP contribution in [-0.2, 0) is 12.8 Å². The molecule has 0 amide bonds. The zero-order valence-corrected chi connectivity index (χ0v) is 22.5. The molecule has 0 aromatic heterocycles. The Morgan fingerprint density at radius 2 is 0.895 bits per heavy atom. The van der Waals surface area contributed by atoms with Crippen molar-refractivity contribution in [2.24, 2.45) is 11.8 Å². The third kappa shape index (κ3) is 4.61. The Morgan fingerprint density at radius 3 is 1.29 bits per heavy atom. The van der Waals surface area contributed by atoms with Crippen molar-refractivity contribution in [3.05, 3.63) is 140 Å². The molecule has 2 nitrogen and oxygen atoms in total. The van der Waals surface area contributed by atoms with Crippen LogP contribution < -0.4 is 0 Å². The molecule has 4 aromatic carbocycles. The Bertz CT molecular complexity index is 1370. The molecule has 4 aromatic rings. The minimum Gasteiger partial charge on any atom is -0.294 e. The number of rotatable bonds is 5. The van der Waals surface area contributed by atoms with E-state index in [2.05, 4.69) is 12.1 Å². The fourth-order valence-electron chi connectivity index (χ4n) is 6.68. The first-order valence-electron chi connectivity index (χ1n) is 13.3. The molecule has 0 fully saturated rings. The van der Waals surface area contributed by atoms with Crippen LogP contribution in [0.2, 0.25) is 10.0 Å². The van der Waals surface area contributed by atoms with Gasteiger partial charge in [0, 0.05) is 44.8 Å². The van der Waals surface area contributed by atoms with Crippen molar-refractivity contribution < 1.29 is 9.59 Å². The summed E-state index contributed by atoms with van der Waals surface area (Å²) in [7, 11) is 0. The molecule has 0 N–H and O–H groups in total. The van der Waals surface area contributed by atoms with Gasteiger partial charge in [0.15, 0.2) is 11.6 Å². The van der Waals surface area contributed by atoms with Gasteiger partial charge in [-0.25, -0.2) is 0 Å². The Hall–Kier alpha value is -3.20. The molecule has 4 heteroatoms. The van der Waals surface area contributed by atoms with E-state index in [4.69, 9.17) is 23.2 Å². The second-order valence-corrected chi connectivity index (χ2v) is 11.4. The summed E-state index contributed by atoms with van der Waals surface area (Å²) >= 11 is 12.6. The van der Waals surface area contributed by atoms with Crippen LogP contribution >= 0.6 is 23.2 Å². The molecule has 0 heterocycles. The maximum atomic E-state index is 14.1. The maximum absolute atomic E-state index is 14.1. The first-order valence-corrected chi connectivity index (χ1v) is 14.0. The number of ketones is 2. The van der Waals surface area contributed by atoms with Crippen LogP contribution in [0.3, 0.4) is 0 Å². The fourth-order valence-corrected chi connectivity index (χ4v) is 6.93. The highest BCUT2D eigenvalue weighted by molar-refractivity contribution is 6.30. The van der Waals surface area contributed by atoms with Gasteiger partial charge < -0.3 is 0 Å². The van der Waals surface area contributed by atoms with Gasteiger partial charge in [-0.3, -0.25) is 9.59 Å². The summed E-state index contributed by atoms with van der Waals surface area (Å²) < 4.78 is 0. The average Bonchev–Trinajstić information content (AvgIpc) is 2.95. The molecule has 0 spiro atoms. The number of fused-ring (bicyclic) bond motifs is 2. The number of hydrogen-bond acceptors (Lipinski definition) is 2. The Labute approximate surface area is 233 Å². The summed E-state index contributed by atoms with van der Waals surface area (Å²) in [5.41, 5.74) is 5.90. The summed E-state index contributed by atoms with van der Waals surface area (Å²) in [6, 6.07) is 31.6. The summed E-state index contributed by atoms with van der Waals surface area (Å²) in [5, 5.41) is 1.30. The van der Waals surface area contributed by atoms with Gasteiger partial charge in [-0.15, -0.1) is 0 Å². The number of Topliss-reactive ketones (excluding diaryl/α,β-unsaturated/α-hetero) is 2. The highest BCUT2D eigenvalue weighted by Gasteiger charge is 2.45. The molecule has 38 heavy (non-hydrogen) atoms. The van der Waals surface area contributed by atoms with Crippen LogP contribution in [0, 0.1) is 11.8 Å². The maximum Gasteiger partial charge on any atom is 0.166 e. The molecule has 190 valence electrons. The lowest BCUT2D eigenvalue weighted by Crippen LogP contribution is -2.37. The molecule has 2 aliphatic rings. The second-order valence-electron chi connectivity index (χ2n) is 10.5. The van der Waals surface area contributed by atoms with E-state index in [-0.39, 0.29) is 35.2 Å². The quantitative estimate of drug-likeness (QED) is 0.254. The summed E-state index contributed by atoms with van der Waals surface area (Å²) in [4.78, 5) is 28.2. The number of carbonyl (C=O) groups excluding carboxylic acids is 2. The number of hydrogen-bond donors (Lipinski definition) is 0. The monoisotopic (exact) mass is 538 g/mol. The van der Waals surface area contributed by atoms with Gasteiger partial charge in [-0.05, 0) is 72.2 Å². The molecule has 2 aliphatic carbocycles. The Morgan fingerprint density at radius 1 is 0.526 bits per heavy atom. The van der Waals surface area contributed by atoms with Crippen molar-refractivity contribution in [1.29, 1.82) is 0 Å². The van der Waals surface area contributed by atoms with Crippen LogP contribution in [0.5, 0.6) is 0 Å². The highest BCUT2D eigenvalue weighted by Crippen LogP contribution is 2.50. The van der Waals surface area contributed by atoms with Crippen molar-refractivity contribution in [2.45, 2.75) is 37.5 Å². The minimum atomic E-state index is -0.253. The first kappa shape index (κ1) is 25.1. The summed E-state index contributed by atoms with van der Waals surface area (Å²) in [6.45, 7) is 0. The lowest BCUT2D eigenvalue weighted by Gasteiger charge is -2.41. The van der Waals surface area contributed by atoms with Gasteiger partial charge in [-0.1, -0.05) is 96.0 Å². The first-order chi connectivity index (χ1) is 18.5. The van der Waals surface area contributed by atoms with E-state index in [0.717, 1.165) is 59.1 Å². The number of carbonyl (C=O) groups is 2. The number of aryl methyl sites for hydroxylation is 2. The van der Waals surface area contributed by atoms with Gasteiger partial charge in [-0.2, -0.15) is 0 Å². The van der Waals surface area contributed by atoms with Gasteiger partial charge in [0.25, 0.3) is 0 Å². The second kappa shape index (κ2) is 10.5. The number of benzene rings is 4. The van der Waals surface area contributed by atoms with Crippen molar-refractivity contribution in [2.75, 3.05) is 0 Å². The Kier molecular flexibility index (Phi) is 6.95. The normalized spacial score (nSPS) is 20.4. The van der Waals surface area contributed by atoms with Gasteiger partial charge in [0.05, 0.1) is 0 Å². The molecule has 0 bridgehead atoms. The average molecular weight is 540 g/mol. The predicted molar refractivity (Wildman–Crippen MR) is 154 cm³/mol. The molecular formula is C34H28Cl2O2. The predicted octanol–water partition coefficient (Wildman–Crippen LogP) is 8.75. The smallest absolute Gasteiger partial charge is 0.166 e. The molecule has 0 saturated carbocycles. The number of halogens is 2. The van der Waals surface area contributed by atoms with Crippen molar-refractivity contribution >= 4 is 34.8 Å². The zero-order chi connectivity index (χ0) is 26.2. The fraction of sp³-hybridized carbons (Fsp3) is 0.235. The van der Waals surface area contributed by atoms with E-state index in [1.54, 1.807) is 0 Å². The minimum absolute atomic E-state index is 0.162. The van der Waals surface area contributed by atoms with Crippen molar-refractivity contribution in [3.63, 3.8) is 0 Å². The molecule has 0 unspecified atom stereocenters. The van der Waals surface area contributed by atoms with Crippen LogP contribution in [0.4, 0.5) is 0 Å². The molecule has 0 aliphatic heterocycles. The van der Waals surface area contributed by atoms with Crippen LogP contribution in [0.1, 0.15) is 67.6 Å². The molecule has 0 saturated heterocycles. The van der Waals surface area contributed by atoms with Crippen LogP contribution in [0.25, 0.3) is 0 Å². The topological polar surface area (TPSA) is 34.1 Å².